The lowest BCUT2D eigenvalue weighted by Gasteiger charge is -2.25. The summed E-state index contributed by atoms with van der Waals surface area (Å²) in [4.78, 5) is 31.0. The number of ether oxygens (including phenoxy) is 1. The number of aromatic carboxylic acids is 1. The van der Waals surface area contributed by atoms with Crippen LogP contribution < -0.4 is 14.7 Å². The lowest BCUT2D eigenvalue weighted by molar-refractivity contribution is -0.254. The first-order valence-electron chi connectivity index (χ1n) is 9.52. The van der Waals surface area contributed by atoms with Gasteiger partial charge in [-0.1, -0.05) is 53.7 Å². The average molecular weight is 417 g/mol. The van der Waals surface area contributed by atoms with Gasteiger partial charge in [0.1, 0.15) is 5.75 Å². The predicted octanol–water partition coefficient (Wildman–Crippen LogP) is 2.64. The van der Waals surface area contributed by atoms with Gasteiger partial charge >= 0.3 is 0 Å². The molecule has 0 N–H and O–H groups in total. The smallest absolute Gasteiger partial charge is 0.268 e. The van der Waals surface area contributed by atoms with Gasteiger partial charge in [-0.05, 0) is 41.5 Å². The zero-order chi connectivity index (χ0) is 22.1. The Kier molecular flexibility index (Phi) is 7.37. The Hall–Kier alpha value is -4.13. The number of hydrogen-bond donors (Lipinski definition) is 0. The van der Waals surface area contributed by atoms with Crippen LogP contribution in [-0.4, -0.2) is 31.8 Å². The molecule has 0 saturated heterocycles. The molecule has 1 amide bonds. The summed E-state index contributed by atoms with van der Waals surface area (Å²) < 4.78 is 5.10. The lowest BCUT2D eigenvalue weighted by atomic mass is 10.1. The second-order valence-corrected chi connectivity index (χ2v) is 6.55. The van der Waals surface area contributed by atoms with Crippen molar-refractivity contribution in [2.75, 3.05) is 18.6 Å². The van der Waals surface area contributed by atoms with Crippen LogP contribution in [0.5, 0.6) is 5.75 Å². The number of methoxy groups -OCH3 is 1. The summed E-state index contributed by atoms with van der Waals surface area (Å²) in [6, 6.07) is 22.6. The van der Waals surface area contributed by atoms with Crippen molar-refractivity contribution in [2.24, 2.45) is 5.16 Å². The van der Waals surface area contributed by atoms with Crippen LogP contribution in [0.2, 0.25) is 0 Å². The van der Waals surface area contributed by atoms with Crippen molar-refractivity contribution in [1.82, 2.24) is 0 Å². The third-order valence-corrected chi connectivity index (χ3v) is 4.48. The molecule has 3 rings (SSSR count). The van der Waals surface area contributed by atoms with Crippen molar-refractivity contribution < 1.29 is 24.3 Å². The van der Waals surface area contributed by atoms with Gasteiger partial charge < -0.3 is 24.4 Å². The number of hydrogen-bond acceptors (Lipinski definition) is 6. The molecule has 0 bridgehead atoms. The van der Waals surface area contributed by atoms with Crippen LogP contribution in [0.1, 0.15) is 21.5 Å². The summed E-state index contributed by atoms with van der Waals surface area (Å²) in [5.74, 6) is -1.08. The fourth-order valence-electron chi connectivity index (χ4n) is 2.91. The van der Waals surface area contributed by atoms with Gasteiger partial charge in [-0.3, -0.25) is 4.79 Å². The first-order valence-corrected chi connectivity index (χ1v) is 9.52. The molecule has 7 heteroatoms. The van der Waals surface area contributed by atoms with Crippen molar-refractivity contribution in [2.45, 2.75) is 6.54 Å². The van der Waals surface area contributed by atoms with E-state index in [0.29, 0.717) is 0 Å². The summed E-state index contributed by atoms with van der Waals surface area (Å²) in [5.41, 5.74) is 1.77. The zero-order valence-electron chi connectivity index (χ0n) is 16.9. The number of carbonyl (C=O) groups is 2. The molecule has 3 aromatic rings. The van der Waals surface area contributed by atoms with Crippen LogP contribution in [0.15, 0.2) is 84.0 Å². The van der Waals surface area contributed by atoms with E-state index in [0.717, 1.165) is 16.9 Å². The van der Waals surface area contributed by atoms with E-state index in [-0.39, 0.29) is 24.4 Å². The summed E-state index contributed by atoms with van der Waals surface area (Å²) in [5, 5.41) is 15.4. The van der Waals surface area contributed by atoms with E-state index >= 15 is 0 Å². The number of amides is 1. The topological polar surface area (TPSA) is 91.3 Å². The highest BCUT2D eigenvalue weighted by Gasteiger charge is 2.20. The van der Waals surface area contributed by atoms with Gasteiger partial charge in [0, 0.05) is 5.56 Å². The zero-order valence-corrected chi connectivity index (χ0v) is 16.9. The number of carboxylic acids is 1. The van der Waals surface area contributed by atoms with E-state index < -0.39 is 11.9 Å². The van der Waals surface area contributed by atoms with E-state index in [2.05, 4.69) is 5.16 Å². The minimum Gasteiger partial charge on any atom is -0.545 e. The van der Waals surface area contributed by atoms with Gasteiger partial charge in [-0.2, -0.15) is 0 Å². The van der Waals surface area contributed by atoms with E-state index in [1.165, 1.54) is 17.2 Å². The minimum absolute atomic E-state index is 0.0754. The molecular weight excluding hydrogens is 396 g/mol. The molecule has 158 valence electrons. The number of anilines is 1. The molecule has 0 atom stereocenters. The fraction of sp³-hybridized carbons (Fsp3) is 0.125. The SMILES string of the molecule is COc1ccc(/C=N\OCC(=O)N(Cc2ccccc2)c2ccccc2C(=O)[O-])cc1. The molecule has 0 spiro atoms. The minimum atomic E-state index is -1.36. The van der Waals surface area contributed by atoms with Crippen LogP contribution in [0.25, 0.3) is 0 Å². The second kappa shape index (κ2) is 10.6. The van der Waals surface area contributed by atoms with Crippen molar-refractivity contribution in [3.63, 3.8) is 0 Å². The number of para-hydroxylation sites is 1. The Morgan fingerprint density at radius 2 is 1.65 bits per heavy atom. The summed E-state index contributed by atoms with van der Waals surface area (Å²) >= 11 is 0. The van der Waals surface area contributed by atoms with Gasteiger partial charge in [0.25, 0.3) is 5.91 Å². The summed E-state index contributed by atoms with van der Waals surface area (Å²) in [6.07, 6.45) is 1.48. The predicted molar refractivity (Wildman–Crippen MR) is 115 cm³/mol. The van der Waals surface area contributed by atoms with Gasteiger partial charge in [-0.15, -0.1) is 0 Å². The number of oxime groups is 1. The molecule has 0 aliphatic rings. The van der Waals surface area contributed by atoms with Crippen LogP contribution in [0.4, 0.5) is 5.69 Å². The molecular formula is C24H21N2O5-. The molecule has 0 aromatic heterocycles. The van der Waals surface area contributed by atoms with E-state index in [1.807, 2.05) is 30.3 Å². The van der Waals surface area contributed by atoms with Crippen LogP contribution in [0.3, 0.4) is 0 Å². The Labute approximate surface area is 180 Å². The number of benzene rings is 3. The molecule has 0 aliphatic carbocycles. The van der Waals surface area contributed by atoms with Gasteiger partial charge in [-0.25, -0.2) is 0 Å². The van der Waals surface area contributed by atoms with Gasteiger partial charge in [0.05, 0.1) is 31.5 Å². The number of nitrogens with zero attached hydrogens (tertiary/aromatic N) is 2. The monoisotopic (exact) mass is 417 g/mol. The highest BCUT2D eigenvalue weighted by atomic mass is 16.6. The Morgan fingerprint density at radius 1 is 0.968 bits per heavy atom. The summed E-state index contributed by atoms with van der Waals surface area (Å²) in [7, 11) is 1.58. The van der Waals surface area contributed by atoms with Crippen LogP contribution in [0, 0.1) is 0 Å². The maximum absolute atomic E-state index is 12.9. The van der Waals surface area contributed by atoms with Crippen molar-refractivity contribution >= 4 is 23.8 Å². The highest BCUT2D eigenvalue weighted by molar-refractivity contribution is 6.01. The normalized spacial score (nSPS) is 10.6. The largest absolute Gasteiger partial charge is 0.545 e. The molecule has 0 saturated carbocycles. The first-order chi connectivity index (χ1) is 15.1. The van der Waals surface area contributed by atoms with Crippen molar-refractivity contribution in [3.8, 4) is 5.75 Å². The molecule has 7 nitrogen and oxygen atoms in total. The molecule has 0 fully saturated rings. The maximum Gasteiger partial charge on any atom is 0.268 e. The third-order valence-electron chi connectivity index (χ3n) is 4.48. The van der Waals surface area contributed by atoms with Crippen LogP contribution in [-0.2, 0) is 16.2 Å². The standard InChI is InChI=1S/C24H22N2O5/c1-30-20-13-11-18(12-14-20)15-25-31-17-23(27)26(16-19-7-3-2-4-8-19)22-10-6-5-9-21(22)24(28)29/h2-15H,16-17H2,1H3,(H,28,29)/p-1/b25-15-. The van der Waals surface area contributed by atoms with Crippen molar-refractivity contribution in [3.05, 3.63) is 95.6 Å². The maximum atomic E-state index is 12.9. The Balaban J connectivity index is 1.74. The van der Waals surface area contributed by atoms with Crippen LogP contribution >= 0.6 is 0 Å². The van der Waals surface area contributed by atoms with Crippen molar-refractivity contribution in [1.29, 1.82) is 0 Å². The molecule has 0 heterocycles. The molecule has 0 radical (unpaired) electrons. The molecule has 31 heavy (non-hydrogen) atoms. The Morgan fingerprint density at radius 3 is 2.32 bits per heavy atom. The second-order valence-electron chi connectivity index (χ2n) is 6.55. The van der Waals surface area contributed by atoms with E-state index in [1.54, 1.807) is 49.6 Å². The number of rotatable bonds is 9. The molecule has 3 aromatic carbocycles. The molecule has 0 aliphatic heterocycles. The van der Waals surface area contributed by atoms with E-state index in [4.69, 9.17) is 9.57 Å². The quantitative estimate of drug-likeness (QED) is 0.394. The number of carbonyl (C=O) groups excluding carboxylic acids is 2. The van der Waals surface area contributed by atoms with Gasteiger partial charge in [0.2, 0.25) is 0 Å². The lowest BCUT2D eigenvalue weighted by Crippen LogP contribution is -2.35. The molecule has 0 unspecified atom stereocenters. The van der Waals surface area contributed by atoms with E-state index in [9.17, 15) is 14.7 Å². The Bertz CT molecular complexity index is 1050. The first kappa shape index (κ1) is 21.6. The number of carboxylic acid groups (broad SMARTS) is 1. The van der Waals surface area contributed by atoms with Gasteiger partial charge in [0.15, 0.2) is 6.61 Å². The fourth-order valence-corrected chi connectivity index (χ4v) is 2.91. The highest BCUT2D eigenvalue weighted by Crippen LogP contribution is 2.22. The summed E-state index contributed by atoms with van der Waals surface area (Å²) in [6.45, 7) is -0.184. The average Bonchev–Trinajstić information content (AvgIpc) is 2.81. The third kappa shape index (κ3) is 5.93.